The van der Waals surface area contributed by atoms with E-state index in [0.29, 0.717) is 30.0 Å². The lowest BCUT2D eigenvalue weighted by molar-refractivity contribution is 0.0195. The highest BCUT2D eigenvalue weighted by atomic mass is 19.1. The van der Waals surface area contributed by atoms with Crippen LogP contribution in [-0.2, 0) is 0 Å². The molecule has 1 unspecified atom stereocenters. The minimum Gasteiger partial charge on any atom is -0.350 e. The predicted octanol–water partition coefficient (Wildman–Crippen LogP) is 2.45. The minimum atomic E-state index is -0.378. The van der Waals surface area contributed by atoms with Crippen molar-refractivity contribution >= 4 is 5.91 Å². The lowest BCUT2D eigenvalue weighted by Gasteiger charge is -2.49. The first-order chi connectivity index (χ1) is 10.2. The Bertz CT molecular complexity index is 545. The third kappa shape index (κ3) is 3.00. The maximum atomic E-state index is 13.1. The Morgan fingerprint density at radius 3 is 3.05 bits per heavy atom. The van der Waals surface area contributed by atoms with Crippen LogP contribution in [0.25, 0.3) is 0 Å². The summed E-state index contributed by atoms with van der Waals surface area (Å²) in [7, 11) is 0. The molecule has 0 aliphatic carbocycles. The second-order valence-electron chi connectivity index (χ2n) is 6.05. The highest BCUT2D eigenvalue weighted by Gasteiger charge is 2.38. The average Bonchev–Trinajstić information content (AvgIpc) is 2.53. The Labute approximate surface area is 124 Å². The molecule has 4 rings (SSSR count). The summed E-state index contributed by atoms with van der Waals surface area (Å²) in [5.74, 6) is 0.715. The molecule has 0 saturated carbocycles. The Hall–Kier alpha value is -1.68. The number of rotatable bonds is 4. The van der Waals surface area contributed by atoms with E-state index in [0.717, 1.165) is 19.5 Å². The van der Waals surface area contributed by atoms with E-state index < -0.39 is 0 Å². The zero-order valence-corrected chi connectivity index (χ0v) is 12.1. The van der Waals surface area contributed by atoms with Crippen molar-refractivity contribution in [2.45, 2.75) is 18.9 Å². The van der Waals surface area contributed by atoms with Crippen LogP contribution in [0.1, 0.15) is 23.2 Å². The lowest BCUT2D eigenvalue weighted by Crippen LogP contribution is -2.56. The van der Waals surface area contributed by atoms with Gasteiger partial charge in [-0.25, -0.2) is 4.39 Å². The Balaban J connectivity index is 1.56. The molecule has 112 valence electrons. The Morgan fingerprint density at radius 1 is 1.52 bits per heavy atom. The van der Waals surface area contributed by atoms with Gasteiger partial charge in [-0.1, -0.05) is 12.1 Å². The van der Waals surface area contributed by atoms with Gasteiger partial charge in [0, 0.05) is 24.7 Å². The molecule has 1 N–H and O–H groups in total. The fourth-order valence-electron chi connectivity index (χ4n) is 3.60. The Kier molecular flexibility index (Phi) is 4.06. The zero-order chi connectivity index (χ0) is 14.8. The molecule has 1 amide bonds. The van der Waals surface area contributed by atoms with Gasteiger partial charge in [-0.05, 0) is 49.4 Å². The van der Waals surface area contributed by atoms with Crippen LogP contribution in [0.5, 0.6) is 0 Å². The average molecular weight is 288 g/mol. The molecule has 1 aromatic carbocycles. The smallest absolute Gasteiger partial charge is 0.251 e. The number of hydrogen-bond acceptors (Lipinski definition) is 2. The van der Waals surface area contributed by atoms with E-state index in [1.54, 1.807) is 12.1 Å². The van der Waals surface area contributed by atoms with E-state index in [-0.39, 0.29) is 11.7 Å². The number of hydrogen-bond donors (Lipinski definition) is 1. The van der Waals surface area contributed by atoms with Crippen molar-refractivity contribution in [2.75, 3.05) is 19.6 Å². The second kappa shape index (κ2) is 5.98. The van der Waals surface area contributed by atoms with Gasteiger partial charge in [0.2, 0.25) is 0 Å². The van der Waals surface area contributed by atoms with Gasteiger partial charge in [0.05, 0.1) is 0 Å². The van der Waals surface area contributed by atoms with E-state index >= 15 is 0 Å². The molecule has 1 aromatic rings. The molecule has 0 radical (unpaired) electrons. The van der Waals surface area contributed by atoms with Crippen LogP contribution in [0.3, 0.4) is 0 Å². The molecule has 3 heterocycles. The first-order valence-electron chi connectivity index (χ1n) is 7.57. The molecular formula is C17H21FN2O. The second-order valence-corrected chi connectivity index (χ2v) is 6.05. The Morgan fingerprint density at radius 2 is 2.38 bits per heavy atom. The summed E-state index contributed by atoms with van der Waals surface area (Å²) in [6, 6.07) is 6.22. The maximum Gasteiger partial charge on any atom is 0.251 e. The third-order valence-electron chi connectivity index (χ3n) is 4.82. The largest absolute Gasteiger partial charge is 0.350 e. The molecule has 3 saturated heterocycles. The summed E-state index contributed by atoms with van der Waals surface area (Å²) in [6.45, 7) is 6.71. The summed E-state index contributed by atoms with van der Waals surface area (Å²) in [5.41, 5.74) is 0.384. The van der Waals surface area contributed by atoms with E-state index in [1.807, 2.05) is 0 Å². The number of piperidine rings is 3. The molecule has 0 spiro atoms. The number of nitrogens with zero attached hydrogens (tertiary/aromatic N) is 1. The molecule has 2 bridgehead atoms. The van der Waals surface area contributed by atoms with Crippen LogP contribution in [0.4, 0.5) is 4.39 Å². The summed E-state index contributed by atoms with van der Waals surface area (Å²) in [4.78, 5) is 14.5. The van der Waals surface area contributed by atoms with Crippen LogP contribution < -0.4 is 5.32 Å². The molecule has 3 aliphatic rings. The van der Waals surface area contributed by atoms with Crippen molar-refractivity contribution in [3.05, 3.63) is 48.3 Å². The van der Waals surface area contributed by atoms with Crippen molar-refractivity contribution in [2.24, 2.45) is 11.8 Å². The number of fused-ring (bicyclic) bond motifs is 3. The van der Waals surface area contributed by atoms with Crippen LogP contribution >= 0.6 is 0 Å². The number of nitrogens with one attached hydrogen (secondary N) is 1. The van der Waals surface area contributed by atoms with Crippen LogP contribution in [-0.4, -0.2) is 36.5 Å². The first kappa shape index (κ1) is 14.3. The quantitative estimate of drug-likeness (QED) is 0.863. The molecule has 4 atom stereocenters. The highest BCUT2D eigenvalue weighted by Crippen LogP contribution is 2.36. The molecule has 21 heavy (non-hydrogen) atoms. The van der Waals surface area contributed by atoms with Gasteiger partial charge in [0.1, 0.15) is 5.82 Å². The molecule has 0 aromatic heterocycles. The molecule has 3 nitrogen and oxygen atoms in total. The van der Waals surface area contributed by atoms with Gasteiger partial charge in [-0.15, -0.1) is 6.58 Å². The van der Waals surface area contributed by atoms with Gasteiger partial charge >= 0.3 is 0 Å². The minimum absolute atomic E-state index is 0.197. The monoisotopic (exact) mass is 288 g/mol. The molecule has 3 aliphatic heterocycles. The van der Waals surface area contributed by atoms with Gasteiger partial charge in [-0.2, -0.15) is 0 Å². The fraction of sp³-hybridized carbons (Fsp3) is 0.471. The predicted molar refractivity (Wildman–Crippen MR) is 80.5 cm³/mol. The summed E-state index contributed by atoms with van der Waals surface area (Å²) in [5, 5.41) is 2.94. The van der Waals surface area contributed by atoms with Crippen molar-refractivity contribution < 1.29 is 9.18 Å². The van der Waals surface area contributed by atoms with Crippen LogP contribution in [0.15, 0.2) is 36.9 Å². The van der Waals surface area contributed by atoms with Crippen molar-refractivity contribution in [1.29, 1.82) is 0 Å². The number of benzene rings is 1. The number of carbonyl (C=O) groups excluding carboxylic acids is 1. The molecular weight excluding hydrogens is 267 g/mol. The number of carbonyl (C=O) groups is 1. The van der Waals surface area contributed by atoms with Gasteiger partial charge in [0.25, 0.3) is 5.91 Å². The van der Waals surface area contributed by atoms with Crippen molar-refractivity contribution in [3.8, 4) is 0 Å². The van der Waals surface area contributed by atoms with E-state index in [4.69, 9.17) is 0 Å². The van der Waals surface area contributed by atoms with Crippen molar-refractivity contribution in [3.63, 3.8) is 0 Å². The van der Waals surface area contributed by atoms with Gasteiger partial charge in [0.15, 0.2) is 0 Å². The maximum absolute atomic E-state index is 13.1. The lowest BCUT2D eigenvalue weighted by atomic mass is 9.75. The van der Waals surface area contributed by atoms with Crippen molar-refractivity contribution in [1.82, 2.24) is 10.2 Å². The van der Waals surface area contributed by atoms with Gasteiger partial charge in [-0.3, -0.25) is 9.69 Å². The summed E-state index contributed by atoms with van der Waals surface area (Å²) >= 11 is 0. The van der Waals surface area contributed by atoms with Crippen LogP contribution in [0.2, 0.25) is 0 Å². The summed E-state index contributed by atoms with van der Waals surface area (Å²) < 4.78 is 13.1. The van der Waals surface area contributed by atoms with E-state index in [2.05, 4.69) is 22.9 Å². The highest BCUT2D eigenvalue weighted by molar-refractivity contribution is 5.94. The van der Waals surface area contributed by atoms with Crippen LogP contribution in [0, 0.1) is 17.7 Å². The zero-order valence-electron chi connectivity index (χ0n) is 12.1. The third-order valence-corrected chi connectivity index (χ3v) is 4.82. The van der Waals surface area contributed by atoms with E-state index in [9.17, 15) is 9.18 Å². The fourth-order valence-corrected chi connectivity index (χ4v) is 3.60. The first-order valence-corrected chi connectivity index (χ1v) is 7.57. The number of halogens is 1. The topological polar surface area (TPSA) is 32.3 Å². The van der Waals surface area contributed by atoms with E-state index in [1.165, 1.54) is 18.6 Å². The molecule has 4 heteroatoms. The normalized spacial score (nSPS) is 30.9. The molecule has 3 fully saturated rings. The SMILES string of the molecule is C=C[C@H]1CN2CC[C@H]1C[C@@H]2CNC(=O)c1cccc(F)c1. The number of amides is 1. The summed E-state index contributed by atoms with van der Waals surface area (Å²) in [6.07, 6.45) is 4.41. The standard InChI is InChI=1S/C17H21FN2O/c1-2-12-11-20-7-6-13(12)9-16(20)10-19-17(21)14-4-3-5-15(18)8-14/h2-5,8,12-13,16H,1,6-7,9-11H2,(H,19,21)/t12-,13-,16+/m0/s1. The van der Waals surface area contributed by atoms with Gasteiger partial charge < -0.3 is 5.32 Å².